The van der Waals surface area contributed by atoms with E-state index in [0.29, 0.717) is 0 Å². The lowest BCUT2D eigenvalue weighted by Gasteiger charge is -2.30. The van der Waals surface area contributed by atoms with Gasteiger partial charge in [0.2, 0.25) is 0 Å². The molecule has 2 heteroatoms. The molecule has 1 aromatic rings. The third-order valence-electron chi connectivity index (χ3n) is 2.53. The first-order valence-electron chi connectivity index (χ1n) is 5.33. The van der Waals surface area contributed by atoms with Gasteiger partial charge < -0.3 is 9.47 Å². The highest BCUT2D eigenvalue weighted by Crippen LogP contribution is 2.28. The smallest absolute Gasteiger partial charge is 0.161 e. The van der Waals surface area contributed by atoms with E-state index in [1.807, 2.05) is 24.3 Å². The lowest BCUT2D eigenvalue weighted by molar-refractivity contribution is -0.212. The Morgan fingerprint density at radius 2 is 2.13 bits per heavy atom. The molecule has 0 radical (unpaired) electrons. The van der Waals surface area contributed by atoms with Crippen molar-refractivity contribution in [2.24, 2.45) is 0 Å². The molecule has 1 saturated heterocycles. The predicted octanol–water partition coefficient (Wildman–Crippen LogP) is 3.07. The van der Waals surface area contributed by atoms with E-state index in [9.17, 15) is 0 Å². The molecule has 1 fully saturated rings. The fraction of sp³-hybridized carbons (Fsp3) is 0.385. The molecule has 0 spiro atoms. The largest absolute Gasteiger partial charge is 0.352 e. The molecule has 1 aliphatic rings. The molecule has 0 N–H and O–H groups in total. The summed E-state index contributed by atoms with van der Waals surface area (Å²) < 4.78 is 11.3. The van der Waals surface area contributed by atoms with Crippen LogP contribution < -0.4 is 0 Å². The van der Waals surface area contributed by atoms with Crippen molar-refractivity contribution >= 4 is 0 Å². The first-order chi connectivity index (χ1) is 7.40. The first-order valence-corrected chi connectivity index (χ1v) is 5.33. The van der Waals surface area contributed by atoms with Crippen LogP contribution in [0.4, 0.5) is 0 Å². The molecule has 0 aliphatic carbocycles. The van der Waals surface area contributed by atoms with Gasteiger partial charge in [-0.15, -0.1) is 6.58 Å². The molecule has 0 saturated carbocycles. The number of hydrogen-bond acceptors (Lipinski definition) is 2. The van der Waals surface area contributed by atoms with Gasteiger partial charge in [-0.25, -0.2) is 0 Å². The number of benzene rings is 1. The van der Waals surface area contributed by atoms with E-state index in [4.69, 9.17) is 9.47 Å². The van der Waals surface area contributed by atoms with E-state index in [1.165, 1.54) is 5.56 Å². The summed E-state index contributed by atoms with van der Waals surface area (Å²) in [4.78, 5) is 0. The quantitative estimate of drug-likeness (QED) is 0.704. The van der Waals surface area contributed by atoms with Crippen molar-refractivity contribution in [2.45, 2.75) is 25.2 Å². The van der Waals surface area contributed by atoms with Crippen LogP contribution in [0.5, 0.6) is 0 Å². The normalized spacial score (nSPS) is 26.1. The lowest BCUT2D eigenvalue weighted by atomic mass is 10.1. The standard InChI is InChI=1S/C13H16O2/c1-2-6-13-14-10-9-12(15-13)11-7-4-3-5-8-11/h2-5,7-8,12-13H,1,6,9-10H2/t12-,13-/m1/s1. The molecule has 1 aliphatic heterocycles. The molecule has 2 atom stereocenters. The summed E-state index contributed by atoms with van der Waals surface area (Å²) in [5.41, 5.74) is 1.23. The lowest BCUT2D eigenvalue weighted by Crippen LogP contribution is -2.27. The van der Waals surface area contributed by atoms with Crippen molar-refractivity contribution in [3.05, 3.63) is 48.6 Å². The van der Waals surface area contributed by atoms with Gasteiger partial charge in [0.15, 0.2) is 6.29 Å². The zero-order chi connectivity index (χ0) is 10.5. The molecule has 1 heterocycles. The molecule has 1 aromatic carbocycles. The van der Waals surface area contributed by atoms with Gasteiger partial charge in [0.25, 0.3) is 0 Å². The van der Waals surface area contributed by atoms with Crippen molar-refractivity contribution in [3.8, 4) is 0 Å². The van der Waals surface area contributed by atoms with Crippen LogP contribution in [0.3, 0.4) is 0 Å². The Morgan fingerprint density at radius 3 is 2.87 bits per heavy atom. The van der Waals surface area contributed by atoms with Crippen LogP contribution in [0, 0.1) is 0 Å². The van der Waals surface area contributed by atoms with Gasteiger partial charge in [-0.2, -0.15) is 0 Å². The van der Waals surface area contributed by atoms with E-state index < -0.39 is 0 Å². The van der Waals surface area contributed by atoms with Crippen molar-refractivity contribution in [2.75, 3.05) is 6.61 Å². The molecular weight excluding hydrogens is 188 g/mol. The molecule has 0 amide bonds. The van der Waals surface area contributed by atoms with E-state index in [-0.39, 0.29) is 12.4 Å². The average molecular weight is 204 g/mol. The van der Waals surface area contributed by atoms with Gasteiger partial charge in [0.1, 0.15) is 0 Å². The summed E-state index contributed by atoms with van der Waals surface area (Å²) in [5, 5.41) is 0. The monoisotopic (exact) mass is 204 g/mol. The Morgan fingerprint density at radius 1 is 1.33 bits per heavy atom. The first kappa shape index (κ1) is 10.4. The topological polar surface area (TPSA) is 18.5 Å². The van der Waals surface area contributed by atoms with Crippen LogP contribution in [-0.2, 0) is 9.47 Å². The molecular formula is C13H16O2. The van der Waals surface area contributed by atoms with Crippen LogP contribution in [0.15, 0.2) is 43.0 Å². The Kier molecular flexibility index (Phi) is 3.54. The second kappa shape index (κ2) is 5.10. The van der Waals surface area contributed by atoms with Crippen molar-refractivity contribution in [3.63, 3.8) is 0 Å². The SMILES string of the molecule is C=CC[C@@H]1OCC[C@H](c2ccccc2)O1. The molecule has 0 unspecified atom stereocenters. The highest BCUT2D eigenvalue weighted by molar-refractivity contribution is 5.17. The maximum absolute atomic E-state index is 5.82. The van der Waals surface area contributed by atoms with E-state index >= 15 is 0 Å². The number of ether oxygens (including phenoxy) is 2. The predicted molar refractivity (Wildman–Crippen MR) is 59.4 cm³/mol. The summed E-state index contributed by atoms with van der Waals surface area (Å²) >= 11 is 0. The third kappa shape index (κ3) is 2.67. The number of rotatable bonds is 3. The van der Waals surface area contributed by atoms with Crippen molar-refractivity contribution in [1.82, 2.24) is 0 Å². The van der Waals surface area contributed by atoms with Gasteiger partial charge in [-0.1, -0.05) is 36.4 Å². The maximum Gasteiger partial charge on any atom is 0.161 e. The molecule has 2 rings (SSSR count). The summed E-state index contributed by atoms with van der Waals surface area (Å²) in [6.45, 7) is 4.45. The molecule has 0 aromatic heterocycles. The van der Waals surface area contributed by atoms with Gasteiger partial charge >= 0.3 is 0 Å². The molecule has 80 valence electrons. The van der Waals surface area contributed by atoms with Crippen LogP contribution in [-0.4, -0.2) is 12.9 Å². The van der Waals surface area contributed by atoms with E-state index in [2.05, 4.69) is 18.7 Å². The van der Waals surface area contributed by atoms with Crippen LogP contribution >= 0.6 is 0 Å². The molecule has 2 nitrogen and oxygen atoms in total. The zero-order valence-electron chi connectivity index (χ0n) is 8.76. The van der Waals surface area contributed by atoms with Crippen LogP contribution in [0.25, 0.3) is 0 Å². The Labute approximate surface area is 90.5 Å². The summed E-state index contributed by atoms with van der Waals surface area (Å²) in [5.74, 6) is 0. The van der Waals surface area contributed by atoms with Crippen LogP contribution in [0.1, 0.15) is 24.5 Å². The van der Waals surface area contributed by atoms with Crippen molar-refractivity contribution in [1.29, 1.82) is 0 Å². The minimum atomic E-state index is -0.124. The second-order valence-corrected chi connectivity index (χ2v) is 3.65. The second-order valence-electron chi connectivity index (χ2n) is 3.65. The summed E-state index contributed by atoms with van der Waals surface area (Å²) in [7, 11) is 0. The van der Waals surface area contributed by atoms with Crippen LogP contribution in [0.2, 0.25) is 0 Å². The third-order valence-corrected chi connectivity index (χ3v) is 2.53. The fourth-order valence-electron chi connectivity index (χ4n) is 1.77. The van der Waals surface area contributed by atoms with Gasteiger partial charge in [-0.05, 0) is 5.56 Å². The molecule has 0 bridgehead atoms. The van der Waals surface area contributed by atoms with Gasteiger partial charge in [-0.3, -0.25) is 0 Å². The average Bonchev–Trinajstić information content (AvgIpc) is 2.31. The summed E-state index contributed by atoms with van der Waals surface area (Å²) in [6.07, 6.45) is 3.56. The highest BCUT2D eigenvalue weighted by atomic mass is 16.7. The Hall–Kier alpha value is -1.12. The minimum absolute atomic E-state index is 0.124. The fourth-order valence-corrected chi connectivity index (χ4v) is 1.77. The molecule has 15 heavy (non-hydrogen) atoms. The van der Waals surface area contributed by atoms with Gasteiger partial charge in [0, 0.05) is 12.8 Å². The minimum Gasteiger partial charge on any atom is -0.352 e. The van der Waals surface area contributed by atoms with Gasteiger partial charge in [0.05, 0.1) is 12.7 Å². The van der Waals surface area contributed by atoms with E-state index in [1.54, 1.807) is 0 Å². The Balaban J connectivity index is 2.01. The van der Waals surface area contributed by atoms with Crippen molar-refractivity contribution < 1.29 is 9.47 Å². The zero-order valence-corrected chi connectivity index (χ0v) is 8.76. The van der Waals surface area contributed by atoms with E-state index in [0.717, 1.165) is 19.4 Å². The number of hydrogen-bond donors (Lipinski definition) is 0. The maximum atomic E-state index is 5.82. The summed E-state index contributed by atoms with van der Waals surface area (Å²) in [6, 6.07) is 10.3. The highest BCUT2D eigenvalue weighted by Gasteiger charge is 2.22. The Bertz CT molecular complexity index is 308.